The fourth-order valence-electron chi connectivity index (χ4n) is 12.2. The minimum absolute atomic E-state index is 0.0441. The van der Waals surface area contributed by atoms with Crippen LogP contribution in [0.4, 0.5) is 0 Å². The smallest absolute Gasteiger partial charge is 0.393 e. The molecular formula is C39H66O16S. The fraction of sp³-hybridized carbons (Fsp3) is 0.949. The third-order valence-corrected chi connectivity index (χ3v) is 15.6. The Morgan fingerprint density at radius 1 is 0.875 bits per heavy atom. The highest BCUT2D eigenvalue weighted by Crippen LogP contribution is 2.69. The van der Waals surface area contributed by atoms with Gasteiger partial charge in [-0.05, 0) is 85.9 Å². The van der Waals surface area contributed by atoms with Gasteiger partial charge in [-0.15, -0.1) is 0 Å². The standard InChI is InChI=1S/C39H66O16S/c1-19(21(3)16-51-35-33(31(28(44)18-52-35)55-56(47,48)49)54-36-32(50-6)30(45)27(43)17-53-36)7-8-20(2)23-14-25(41)34-38(23,5)12-10-29-37(4)11-9-22(40)13-24(37)26(42)15-39(29,34)46/h20-36,40-46H,1,7-18H2,2-6H3,(H,47,48,49). The fourth-order valence-corrected chi connectivity index (χ4v) is 12.7. The Bertz CT molecular complexity index is 1480. The van der Waals surface area contributed by atoms with Gasteiger partial charge >= 0.3 is 10.4 Å². The highest BCUT2D eigenvalue weighted by Gasteiger charge is 2.70. The molecule has 6 rings (SSSR count). The number of hydrogen-bond acceptors (Lipinski definition) is 15. The molecule has 2 aliphatic heterocycles. The highest BCUT2D eigenvalue weighted by atomic mass is 32.3. The summed E-state index contributed by atoms with van der Waals surface area (Å²) in [6.07, 6.45) is -7.46. The first-order chi connectivity index (χ1) is 26.1. The van der Waals surface area contributed by atoms with Gasteiger partial charge in [0.2, 0.25) is 0 Å². The van der Waals surface area contributed by atoms with Gasteiger partial charge in [0.15, 0.2) is 12.6 Å². The van der Waals surface area contributed by atoms with Crippen molar-refractivity contribution in [2.24, 2.45) is 46.3 Å². The minimum atomic E-state index is -5.07. The number of rotatable bonds is 13. The van der Waals surface area contributed by atoms with E-state index < -0.39 is 90.1 Å². The van der Waals surface area contributed by atoms with Crippen molar-refractivity contribution in [2.45, 2.75) is 159 Å². The van der Waals surface area contributed by atoms with Crippen molar-refractivity contribution in [3.63, 3.8) is 0 Å². The van der Waals surface area contributed by atoms with E-state index in [1.165, 1.54) is 7.11 Å². The average Bonchev–Trinajstić information content (AvgIpc) is 3.40. The summed E-state index contributed by atoms with van der Waals surface area (Å²) in [5, 5.41) is 77.3. The zero-order valence-electron chi connectivity index (χ0n) is 33.3. The van der Waals surface area contributed by atoms with Crippen LogP contribution in [-0.2, 0) is 38.3 Å². The Labute approximate surface area is 330 Å². The van der Waals surface area contributed by atoms with Crippen molar-refractivity contribution in [2.75, 3.05) is 26.9 Å². The van der Waals surface area contributed by atoms with Crippen LogP contribution in [0, 0.1) is 46.3 Å². The van der Waals surface area contributed by atoms with Crippen molar-refractivity contribution < 1.29 is 76.6 Å². The molecule has 2 heterocycles. The van der Waals surface area contributed by atoms with E-state index in [1.807, 2.05) is 6.92 Å². The highest BCUT2D eigenvalue weighted by molar-refractivity contribution is 7.80. The minimum Gasteiger partial charge on any atom is -0.393 e. The van der Waals surface area contributed by atoms with Gasteiger partial charge in [0.05, 0.1) is 43.7 Å². The molecule has 0 aromatic heterocycles. The van der Waals surface area contributed by atoms with Gasteiger partial charge in [-0.25, -0.2) is 4.18 Å². The third-order valence-electron chi connectivity index (χ3n) is 15.2. The van der Waals surface area contributed by atoms with Crippen molar-refractivity contribution >= 4 is 10.4 Å². The summed E-state index contributed by atoms with van der Waals surface area (Å²) in [4.78, 5) is 0. The van der Waals surface area contributed by atoms with Crippen molar-refractivity contribution in [3.05, 3.63) is 12.2 Å². The molecule has 0 radical (unpaired) electrons. The molecule has 0 spiro atoms. The van der Waals surface area contributed by atoms with Crippen molar-refractivity contribution in [3.8, 4) is 0 Å². The lowest BCUT2D eigenvalue weighted by atomic mass is 9.42. The lowest BCUT2D eigenvalue weighted by Crippen LogP contribution is -2.68. The Morgan fingerprint density at radius 2 is 1.54 bits per heavy atom. The summed E-state index contributed by atoms with van der Waals surface area (Å²) in [6.45, 7) is 12.1. The van der Waals surface area contributed by atoms with Gasteiger partial charge < -0.3 is 59.4 Å². The number of ether oxygens (including phenoxy) is 5. The number of methoxy groups -OCH3 is 1. The van der Waals surface area contributed by atoms with Crippen LogP contribution in [0.2, 0.25) is 0 Å². The van der Waals surface area contributed by atoms with Gasteiger partial charge in [0, 0.05) is 25.4 Å². The number of aliphatic hydroxyl groups is 7. The molecule has 0 amide bonds. The van der Waals surface area contributed by atoms with Gasteiger partial charge in [0.1, 0.15) is 36.6 Å². The maximum Gasteiger partial charge on any atom is 0.397 e. The molecule has 324 valence electrons. The van der Waals surface area contributed by atoms with E-state index in [9.17, 15) is 48.7 Å². The molecule has 8 N–H and O–H groups in total. The molecule has 20 atom stereocenters. The average molecular weight is 823 g/mol. The molecule has 2 saturated heterocycles. The summed E-state index contributed by atoms with van der Waals surface area (Å²) < 4.78 is 66.3. The van der Waals surface area contributed by atoms with Crippen LogP contribution < -0.4 is 0 Å². The Kier molecular flexibility index (Phi) is 13.5. The molecule has 4 aliphatic carbocycles. The summed E-state index contributed by atoms with van der Waals surface area (Å²) in [6, 6.07) is 0. The predicted octanol–water partition coefficient (Wildman–Crippen LogP) is 1.07. The summed E-state index contributed by atoms with van der Waals surface area (Å²) in [5.41, 5.74) is -0.983. The molecule has 20 unspecified atom stereocenters. The van der Waals surface area contributed by atoms with E-state index in [-0.39, 0.29) is 66.0 Å². The van der Waals surface area contributed by atoms with Crippen LogP contribution in [0.1, 0.15) is 85.5 Å². The maximum atomic E-state index is 12.6. The first-order valence-electron chi connectivity index (χ1n) is 20.3. The number of fused-ring (bicyclic) bond motifs is 5. The van der Waals surface area contributed by atoms with E-state index in [0.29, 0.717) is 25.7 Å². The zero-order chi connectivity index (χ0) is 41.1. The number of aliphatic hydroxyl groups excluding tert-OH is 6. The molecule has 17 heteroatoms. The molecule has 4 saturated carbocycles. The molecule has 0 aromatic carbocycles. The first-order valence-corrected chi connectivity index (χ1v) is 21.7. The lowest BCUT2D eigenvalue weighted by Gasteiger charge is -2.66. The van der Waals surface area contributed by atoms with Gasteiger partial charge in [0.25, 0.3) is 0 Å². The largest absolute Gasteiger partial charge is 0.397 e. The molecule has 0 bridgehead atoms. The molecule has 0 aromatic rings. The van der Waals surface area contributed by atoms with Crippen molar-refractivity contribution in [1.82, 2.24) is 0 Å². The molecule has 6 fully saturated rings. The maximum absolute atomic E-state index is 12.6. The van der Waals surface area contributed by atoms with Crippen LogP contribution in [0.5, 0.6) is 0 Å². The monoisotopic (exact) mass is 822 g/mol. The van der Waals surface area contributed by atoms with E-state index in [4.69, 9.17) is 27.9 Å². The van der Waals surface area contributed by atoms with Crippen LogP contribution in [0.25, 0.3) is 0 Å². The van der Waals surface area contributed by atoms with Crippen LogP contribution >= 0.6 is 0 Å². The molecule has 56 heavy (non-hydrogen) atoms. The van der Waals surface area contributed by atoms with Crippen LogP contribution in [-0.4, -0.2) is 149 Å². The van der Waals surface area contributed by atoms with E-state index >= 15 is 0 Å². The number of hydrogen-bond donors (Lipinski definition) is 8. The molecule has 6 aliphatic rings. The third kappa shape index (κ3) is 8.40. The van der Waals surface area contributed by atoms with Gasteiger partial charge in [-0.1, -0.05) is 39.8 Å². The predicted molar refractivity (Wildman–Crippen MR) is 198 cm³/mol. The van der Waals surface area contributed by atoms with Crippen LogP contribution in [0.15, 0.2) is 12.2 Å². The summed E-state index contributed by atoms with van der Waals surface area (Å²) >= 11 is 0. The van der Waals surface area contributed by atoms with Gasteiger partial charge in [-0.2, -0.15) is 8.42 Å². The Balaban J connectivity index is 1.08. The second-order valence-corrected chi connectivity index (χ2v) is 19.6. The second-order valence-electron chi connectivity index (χ2n) is 18.5. The molecular weight excluding hydrogens is 756 g/mol. The summed E-state index contributed by atoms with van der Waals surface area (Å²) in [7, 11) is -3.81. The summed E-state index contributed by atoms with van der Waals surface area (Å²) in [5.74, 6) is -0.450. The molecule has 16 nitrogen and oxygen atoms in total. The second kappa shape index (κ2) is 16.9. The topological polar surface area (TPSA) is 251 Å². The van der Waals surface area contributed by atoms with E-state index in [1.54, 1.807) is 0 Å². The zero-order valence-corrected chi connectivity index (χ0v) is 34.1. The van der Waals surface area contributed by atoms with Crippen molar-refractivity contribution in [1.29, 1.82) is 0 Å². The Morgan fingerprint density at radius 3 is 2.21 bits per heavy atom. The quantitative estimate of drug-likeness (QED) is 0.0956. The van der Waals surface area contributed by atoms with Gasteiger partial charge in [-0.3, -0.25) is 4.55 Å². The normalized spacial score (nSPS) is 49.3. The van der Waals surface area contributed by atoms with E-state index in [0.717, 1.165) is 31.3 Å². The lowest BCUT2D eigenvalue weighted by molar-refractivity contribution is -0.343. The van der Waals surface area contributed by atoms with E-state index in [2.05, 4.69) is 27.4 Å². The first kappa shape index (κ1) is 44.7. The van der Waals surface area contributed by atoms with Crippen LogP contribution in [0.3, 0.4) is 0 Å². The SMILES string of the molecule is C=C(CCC(C)C1CC(O)C2C1(C)CCC1C3(C)CCC(O)CC3C(O)CC12O)C(C)COC1OCC(O)C(OS(=O)(=O)O)C1OC1OCC(O)C(O)C1OC. The Hall–Kier alpha value is -0.870.